The Morgan fingerprint density at radius 3 is 3.00 bits per heavy atom. The van der Waals surface area contributed by atoms with E-state index in [9.17, 15) is 4.79 Å². The van der Waals surface area contributed by atoms with Crippen molar-refractivity contribution < 1.29 is 4.79 Å². The highest BCUT2D eigenvalue weighted by Gasteiger charge is 2.05. The number of aldehydes is 1. The molecule has 1 aromatic carbocycles. The van der Waals surface area contributed by atoms with Gasteiger partial charge in [0.1, 0.15) is 6.29 Å². The molecular weight excluding hydrogens is 242 g/mol. The molecule has 1 heterocycles. The third kappa shape index (κ3) is 1.48. The average molecular weight is 252 g/mol. The summed E-state index contributed by atoms with van der Waals surface area (Å²) >= 11 is 3.43. The van der Waals surface area contributed by atoms with Crippen molar-refractivity contribution in [3.8, 4) is 0 Å². The molecule has 2 rings (SSSR count). The van der Waals surface area contributed by atoms with Gasteiger partial charge in [0.15, 0.2) is 0 Å². The molecular formula is C11H10BrNO. The maximum absolute atomic E-state index is 10.5. The Hall–Kier alpha value is -1.09. The van der Waals surface area contributed by atoms with Gasteiger partial charge in [0.2, 0.25) is 0 Å². The van der Waals surface area contributed by atoms with E-state index in [1.807, 2.05) is 29.9 Å². The summed E-state index contributed by atoms with van der Waals surface area (Å²) in [7, 11) is 1.99. The van der Waals surface area contributed by atoms with Gasteiger partial charge in [0.05, 0.1) is 0 Å². The number of carbonyl (C=O) groups excluding carboxylic acids is 1. The van der Waals surface area contributed by atoms with Gasteiger partial charge < -0.3 is 9.36 Å². The third-order valence-electron chi connectivity index (χ3n) is 2.34. The van der Waals surface area contributed by atoms with Crippen LogP contribution in [0.15, 0.2) is 28.9 Å². The molecule has 2 aromatic rings. The minimum atomic E-state index is 0.485. The summed E-state index contributed by atoms with van der Waals surface area (Å²) in [5.74, 6) is 0. The number of carbonyl (C=O) groups is 1. The number of halogens is 1. The largest absolute Gasteiger partial charge is 0.350 e. The predicted octanol–water partition coefficient (Wildman–Crippen LogP) is 2.68. The van der Waals surface area contributed by atoms with E-state index < -0.39 is 0 Å². The maximum atomic E-state index is 10.5. The van der Waals surface area contributed by atoms with Crippen LogP contribution in [0.3, 0.4) is 0 Å². The molecule has 2 nitrogen and oxygen atoms in total. The lowest BCUT2D eigenvalue weighted by Crippen LogP contribution is -1.83. The smallest absolute Gasteiger partial charge is 0.124 e. The minimum Gasteiger partial charge on any atom is -0.350 e. The Kier molecular flexibility index (Phi) is 2.42. The molecule has 0 unspecified atom stereocenters. The van der Waals surface area contributed by atoms with Crippen molar-refractivity contribution >= 4 is 33.1 Å². The highest BCUT2D eigenvalue weighted by atomic mass is 79.9. The Morgan fingerprint density at radius 2 is 2.29 bits per heavy atom. The first-order valence-corrected chi connectivity index (χ1v) is 5.19. The van der Waals surface area contributed by atoms with E-state index in [0.717, 1.165) is 27.2 Å². The van der Waals surface area contributed by atoms with Crippen molar-refractivity contribution in [3.05, 3.63) is 34.4 Å². The quantitative estimate of drug-likeness (QED) is 0.753. The molecule has 1 aromatic heterocycles. The van der Waals surface area contributed by atoms with Gasteiger partial charge in [-0.2, -0.15) is 0 Å². The zero-order valence-electron chi connectivity index (χ0n) is 7.83. The lowest BCUT2D eigenvalue weighted by molar-refractivity contribution is -0.107. The lowest BCUT2D eigenvalue weighted by Gasteiger charge is -1.96. The Morgan fingerprint density at radius 1 is 1.50 bits per heavy atom. The normalized spacial score (nSPS) is 10.7. The van der Waals surface area contributed by atoms with Crippen molar-refractivity contribution in [1.29, 1.82) is 0 Å². The summed E-state index contributed by atoms with van der Waals surface area (Å²) in [4.78, 5) is 10.5. The maximum Gasteiger partial charge on any atom is 0.124 e. The molecule has 0 spiro atoms. The molecule has 0 atom stereocenters. The fourth-order valence-corrected chi connectivity index (χ4v) is 2.04. The van der Waals surface area contributed by atoms with E-state index in [1.54, 1.807) is 0 Å². The average Bonchev–Trinajstić information content (AvgIpc) is 2.44. The summed E-state index contributed by atoms with van der Waals surface area (Å²) < 4.78 is 3.10. The van der Waals surface area contributed by atoms with Crippen LogP contribution in [-0.2, 0) is 18.3 Å². The lowest BCUT2D eigenvalue weighted by atomic mass is 10.1. The topological polar surface area (TPSA) is 22.0 Å². The highest BCUT2D eigenvalue weighted by molar-refractivity contribution is 9.10. The molecule has 14 heavy (non-hydrogen) atoms. The summed E-state index contributed by atoms with van der Waals surface area (Å²) in [5, 5.41) is 1.16. The van der Waals surface area contributed by atoms with Crippen LogP contribution in [0, 0.1) is 0 Å². The molecule has 0 saturated carbocycles. The number of rotatable bonds is 2. The van der Waals surface area contributed by atoms with Gasteiger partial charge >= 0.3 is 0 Å². The fraction of sp³-hybridized carbons (Fsp3) is 0.182. The number of aromatic nitrogens is 1. The van der Waals surface area contributed by atoms with Crippen LogP contribution in [0.5, 0.6) is 0 Å². The second kappa shape index (κ2) is 3.58. The van der Waals surface area contributed by atoms with Gasteiger partial charge in [-0.1, -0.05) is 22.0 Å². The number of benzene rings is 1. The van der Waals surface area contributed by atoms with Gasteiger partial charge in [-0.05, 0) is 17.7 Å². The number of hydrogen-bond acceptors (Lipinski definition) is 1. The first-order valence-electron chi connectivity index (χ1n) is 4.39. The van der Waals surface area contributed by atoms with Crippen molar-refractivity contribution in [2.24, 2.45) is 7.05 Å². The molecule has 0 amide bonds. The molecule has 0 aliphatic heterocycles. The molecule has 72 valence electrons. The summed E-state index contributed by atoms with van der Waals surface area (Å²) in [6.45, 7) is 0. The van der Waals surface area contributed by atoms with Crippen molar-refractivity contribution in [2.75, 3.05) is 0 Å². The van der Waals surface area contributed by atoms with Gasteiger partial charge in [0, 0.05) is 35.0 Å². The van der Waals surface area contributed by atoms with Crippen LogP contribution in [0.2, 0.25) is 0 Å². The predicted molar refractivity (Wildman–Crippen MR) is 60.4 cm³/mol. The number of nitrogens with zero attached hydrogens (tertiary/aromatic N) is 1. The molecule has 0 aliphatic carbocycles. The van der Waals surface area contributed by atoms with Gasteiger partial charge in [0.25, 0.3) is 0 Å². The van der Waals surface area contributed by atoms with Gasteiger partial charge in [-0.15, -0.1) is 0 Å². The van der Waals surface area contributed by atoms with Crippen LogP contribution in [0.1, 0.15) is 5.56 Å². The highest BCUT2D eigenvalue weighted by Crippen LogP contribution is 2.24. The number of fused-ring (bicyclic) bond motifs is 1. The van der Waals surface area contributed by atoms with Crippen molar-refractivity contribution in [2.45, 2.75) is 6.42 Å². The third-order valence-corrected chi connectivity index (χ3v) is 2.83. The Bertz CT molecular complexity index is 487. The van der Waals surface area contributed by atoms with Crippen LogP contribution in [-0.4, -0.2) is 10.9 Å². The summed E-state index contributed by atoms with van der Waals surface area (Å²) in [6, 6.07) is 6.10. The summed E-state index contributed by atoms with van der Waals surface area (Å²) in [5.41, 5.74) is 2.24. The van der Waals surface area contributed by atoms with E-state index in [2.05, 4.69) is 22.0 Å². The van der Waals surface area contributed by atoms with Gasteiger partial charge in [-0.25, -0.2) is 0 Å². The second-order valence-electron chi connectivity index (χ2n) is 3.30. The van der Waals surface area contributed by atoms with Crippen LogP contribution < -0.4 is 0 Å². The first-order chi connectivity index (χ1) is 6.72. The van der Waals surface area contributed by atoms with E-state index in [4.69, 9.17) is 0 Å². The zero-order chi connectivity index (χ0) is 10.1. The molecule has 0 aliphatic rings. The van der Waals surface area contributed by atoms with Crippen LogP contribution >= 0.6 is 15.9 Å². The van der Waals surface area contributed by atoms with E-state index in [-0.39, 0.29) is 0 Å². The molecule has 3 heteroatoms. The molecule has 0 radical (unpaired) electrons. The Labute approximate surface area is 90.7 Å². The van der Waals surface area contributed by atoms with Crippen molar-refractivity contribution in [3.63, 3.8) is 0 Å². The van der Waals surface area contributed by atoms with Crippen LogP contribution in [0.4, 0.5) is 0 Å². The molecule has 0 bridgehead atoms. The summed E-state index contributed by atoms with van der Waals surface area (Å²) in [6.07, 6.45) is 3.43. The van der Waals surface area contributed by atoms with Crippen LogP contribution in [0.25, 0.3) is 10.9 Å². The second-order valence-corrected chi connectivity index (χ2v) is 4.21. The van der Waals surface area contributed by atoms with Gasteiger partial charge in [-0.3, -0.25) is 0 Å². The molecule has 0 saturated heterocycles. The van der Waals surface area contributed by atoms with Crippen molar-refractivity contribution in [1.82, 2.24) is 4.57 Å². The number of hydrogen-bond donors (Lipinski definition) is 0. The Balaban J connectivity index is 2.70. The number of aryl methyl sites for hydroxylation is 1. The van der Waals surface area contributed by atoms with E-state index >= 15 is 0 Å². The SMILES string of the molecule is Cn1cc(CC=O)c2ccc(Br)cc21. The first kappa shape index (κ1) is 9.46. The fourth-order valence-electron chi connectivity index (χ4n) is 1.69. The van der Waals surface area contributed by atoms with E-state index in [0.29, 0.717) is 6.42 Å². The molecule has 0 fully saturated rings. The minimum absolute atomic E-state index is 0.485. The van der Waals surface area contributed by atoms with E-state index in [1.165, 1.54) is 0 Å². The standard InChI is InChI=1S/C11H10BrNO/c1-13-7-8(4-5-14)10-3-2-9(12)6-11(10)13/h2-3,5-7H,4H2,1H3. The zero-order valence-corrected chi connectivity index (χ0v) is 9.41. The monoisotopic (exact) mass is 251 g/mol. The molecule has 0 N–H and O–H groups in total.